The summed E-state index contributed by atoms with van der Waals surface area (Å²) in [6.45, 7) is 14.1. The Balaban J connectivity index is 3.88. The Hall–Kier alpha value is -0.520. The maximum Gasteiger partial charge on any atom is -0.0196 e. The summed E-state index contributed by atoms with van der Waals surface area (Å²) in [5, 5.41) is 0. The largest absolute Gasteiger partial charge is 0.0958 e. The fraction of sp³-hybridized carbons (Fsp3) is 0.556. The highest BCUT2D eigenvalue weighted by molar-refractivity contribution is 5.24. The normalized spacial score (nSPS) is 12.8. The summed E-state index contributed by atoms with van der Waals surface area (Å²) in [7, 11) is 0. The Morgan fingerprint density at radius 3 is 2.00 bits per heavy atom. The van der Waals surface area contributed by atoms with Gasteiger partial charge in [-0.05, 0) is 19.3 Å². The van der Waals surface area contributed by atoms with E-state index in [4.69, 9.17) is 0 Å². The first-order chi connectivity index (χ1) is 4.09. The van der Waals surface area contributed by atoms with Gasteiger partial charge in [0.1, 0.15) is 0 Å². The Kier molecular flexibility index (Phi) is 3.29. The van der Waals surface area contributed by atoms with Crippen LogP contribution in [0.2, 0.25) is 0 Å². The minimum Gasteiger partial charge on any atom is -0.0958 e. The van der Waals surface area contributed by atoms with Crippen molar-refractivity contribution >= 4 is 0 Å². The highest BCUT2D eigenvalue weighted by atomic mass is 14.1. The molecule has 0 heterocycles. The zero-order valence-electron chi connectivity index (χ0n) is 6.70. The van der Waals surface area contributed by atoms with Crippen LogP contribution in [0, 0.1) is 5.92 Å². The van der Waals surface area contributed by atoms with Crippen molar-refractivity contribution in [2.24, 2.45) is 5.92 Å². The van der Waals surface area contributed by atoms with E-state index in [9.17, 15) is 0 Å². The maximum absolute atomic E-state index is 3.93. The molecule has 9 heavy (non-hydrogen) atoms. The molecule has 0 amide bonds. The molecule has 0 fully saturated rings. The molecule has 0 saturated carbocycles. The standard InChI is InChI=1S/C9H16/c1-6-8(4)9(5)7(2)3/h8H,2,5-6H2,1,3-4H3. The lowest BCUT2D eigenvalue weighted by molar-refractivity contribution is 0.665. The first-order valence-electron chi connectivity index (χ1n) is 3.44. The van der Waals surface area contributed by atoms with E-state index < -0.39 is 0 Å². The molecule has 0 bridgehead atoms. The summed E-state index contributed by atoms with van der Waals surface area (Å²) < 4.78 is 0. The van der Waals surface area contributed by atoms with Gasteiger partial charge in [-0.1, -0.05) is 38.2 Å². The monoisotopic (exact) mass is 124 g/mol. The van der Waals surface area contributed by atoms with Gasteiger partial charge in [0.2, 0.25) is 0 Å². The predicted molar refractivity (Wildman–Crippen MR) is 43.4 cm³/mol. The van der Waals surface area contributed by atoms with Crippen LogP contribution in [0.15, 0.2) is 24.3 Å². The minimum atomic E-state index is 0.600. The Morgan fingerprint density at radius 2 is 1.89 bits per heavy atom. The van der Waals surface area contributed by atoms with Crippen LogP contribution in [0.5, 0.6) is 0 Å². The molecule has 0 aromatic rings. The average molecular weight is 124 g/mol. The van der Waals surface area contributed by atoms with E-state index in [1.807, 2.05) is 6.92 Å². The van der Waals surface area contributed by atoms with Crippen LogP contribution in [-0.2, 0) is 0 Å². The molecule has 1 atom stereocenters. The molecule has 0 aromatic heterocycles. The lowest BCUT2D eigenvalue weighted by atomic mass is 9.95. The molecule has 0 aromatic carbocycles. The van der Waals surface area contributed by atoms with E-state index in [-0.39, 0.29) is 0 Å². The summed E-state index contributed by atoms with van der Waals surface area (Å²) >= 11 is 0. The molecule has 0 aliphatic rings. The molecule has 0 spiro atoms. The van der Waals surface area contributed by atoms with Gasteiger partial charge in [-0.15, -0.1) is 0 Å². The van der Waals surface area contributed by atoms with Crippen molar-refractivity contribution in [2.45, 2.75) is 27.2 Å². The van der Waals surface area contributed by atoms with E-state index in [1.54, 1.807) is 0 Å². The molecule has 0 rings (SSSR count). The molecule has 1 unspecified atom stereocenters. The zero-order chi connectivity index (χ0) is 7.44. The summed E-state index contributed by atoms with van der Waals surface area (Å²) in [4.78, 5) is 0. The third kappa shape index (κ3) is 2.50. The van der Waals surface area contributed by atoms with Crippen LogP contribution in [0.4, 0.5) is 0 Å². The summed E-state index contributed by atoms with van der Waals surface area (Å²) in [5.74, 6) is 0.600. The van der Waals surface area contributed by atoms with Gasteiger partial charge in [-0.3, -0.25) is 0 Å². The maximum atomic E-state index is 3.93. The average Bonchev–Trinajstić information content (AvgIpc) is 1.84. The van der Waals surface area contributed by atoms with E-state index in [0.29, 0.717) is 5.92 Å². The zero-order valence-corrected chi connectivity index (χ0v) is 6.70. The van der Waals surface area contributed by atoms with Gasteiger partial charge in [0, 0.05) is 0 Å². The van der Waals surface area contributed by atoms with Crippen LogP contribution in [0.25, 0.3) is 0 Å². The summed E-state index contributed by atoms with van der Waals surface area (Å²) in [6, 6.07) is 0. The highest BCUT2D eigenvalue weighted by Crippen LogP contribution is 2.17. The van der Waals surface area contributed by atoms with Gasteiger partial charge >= 0.3 is 0 Å². The van der Waals surface area contributed by atoms with Crippen LogP contribution in [-0.4, -0.2) is 0 Å². The number of allylic oxidation sites excluding steroid dienone is 2. The Morgan fingerprint density at radius 1 is 1.44 bits per heavy atom. The van der Waals surface area contributed by atoms with Crippen molar-refractivity contribution in [2.75, 3.05) is 0 Å². The van der Waals surface area contributed by atoms with Crippen molar-refractivity contribution in [3.05, 3.63) is 24.3 Å². The number of hydrogen-bond donors (Lipinski definition) is 0. The topological polar surface area (TPSA) is 0 Å². The first-order valence-corrected chi connectivity index (χ1v) is 3.44. The van der Waals surface area contributed by atoms with Crippen molar-refractivity contribution in [3.8, 4) is 0 Å². The van der Waals surface area contributed by atoms with Gasteiger partial charge in [-0.25, -0.2) is 0 Å². The van der Waals surface area contributed by atoms with Crippen LogP contribution >= 0.6 is 0 Å². The molecule has 0 heteroatoms. The van der Waals surface area contributed by atoms with E-state index >= 15 is 0 Å². The molecule has 0 saturated heterocycles. The first kappa shape index (κ1) is 8.48. The third-order valence-corrected chi connectivity index (χ3v) is 1.76. The third-order valence-electron chi connectivity index (χ3n) is 1.76. The Bertz CT molecular complexity index is 120. The lowest BCUT2D eigenvalue weighted by Gasteiger charge is -2.10. The van der Waals surface area contributed by atoms with Gasteiger partial charge in [0.25, 0.3) is 0 Å². The van der Waals surface area contributed by atoms with Crippen molar-refractivity contribution in [1.29, 1.82) is 0 Å². The smallest absolute Gasteiger partial charge is 0.0196 e. The number of rotatable bonds is 3. The van der Waals surface area contributed by atoms with E-state index in [2.05, 4.69) is 27.0 Å². The van der Waals surface area contributed by atoms with E-state index in [0.717, 1.165) is 12.0 Å². The second kappa shape index (κ2) is 3.49. The lowest BCUT2D eigenvalue weighted by Crippen LogP contribution is -1.95. The fourth-order valence-corrected chi connectivity index (χ4v) is 0.667. The molecule has 0 nitrogen and oxygen atoms in total. The van der Waals surface area contributed by atoms with Gasteiger partial charge in [0.05, 0.1) is 0 Å². The van der Waals surface area contributed by atoms with Gasteiger partial charge < -0.3 is 0 Å². The van der Waals surface area contributed by atoms with Crippen molar-refractivity contribution < 1.29 is 0 Å². The fourth-order valence-electron chi connectivity index (χ4n) is 0.667. The van der Waals surface area contributed by atoms with E-state index in [1.165, 1.54) is 5.57 Å². The van der Waals surface area contributed by atoms with Crippen LogP contribution < -0.4 is 0 Å². The highest BCUT2D eigenvalue weighted by Gasteiger charge is 2.02. The van der Waals surface area contributed by atoms with Crippen LogP contribution in [0.1, 0.15) is 27.2 Å². The second-order valence-electron chi connectivity index (χ2n) is 2.61. The van der Waals surface area contributed by atoms with Crippen LogP contribution in [0.3, 0.4) is 0 Å². The van der Waals surface area contributed by atoms with Gasteiger partial charge in [-0.2, -0.15) is 0 Å². The molecule has 0 radical (unpaired) electrons. The molecule has 0 aliphatic heterocycles. The quantitative estimate of drug-likeness (QED) is 0.507. The molecule has 0 aliphatic carbocycles. The Labute approximate surface area is 58.3 Å². The van der Waals surface area contributed by atoms with Gasteiger partial charge in [0.15, 0.2) is 0 Å². The second-order valence-corrected chi connectivity index (χ2v) is 2.61. The molecular formula is C9H16. The summed E-state index contributed by atoms with van der Waals surface area (Å²) in [5.41, 5.74) is 2.31. The minimum absolute atomic E-state index is 0.600. The molecule has 0 N–H and O–H groups in total. The SMILES string of the molecule is C=C(C)C(=C)C(C)CC. The molecular weight excluding hydrogens is 108 g/mol. The van der Waals surface area contributed by atoms with Crippen molar-refractivity contribution in [1.82, 2.24) is 0 Å². The molecule has 52 valence electrons. The number of hydrogen-bond acceptors (Lipinski definition) is 0. The predicted octanol–water partition coefficient (Wildman–Crippen LogP) is 3.16. The summed E-state index contributed by atoms with van der Waals surface area (Å²) in [6.07, 6.45) is 1.16. The van der Waals surface area contributed by atoms with Crippen molar-refractivity contribution in [3.63, 3.8) is 0 Å².